The summed E-state index contributed by atoms with van der Waals surface area (Å²) >= 11 is 1.23. The molecule has 0 aliphatic carbocycles. The summed E-state index contributed by atoms with van der Waals surface area (Å²) in [5.74, 6) is -0.539. The molecular weight excluding hydrogens is 396 g/mol. The molecule has 0 spiro atoms. The number of ether oxygens (including phenoxy) is 1. The molecule has 0 radical (unpaired) electrons. The Labute approximate surface area is 162 Å². The molecule has 2 heterocycles. The lowest BCUT2D eigenvalue weighted by Crippen LogP contribution is -2.55. The Balaban J connectivity index is 2.39. The number of guanidine groups is 1. The minimum Gasteiger partial charge on any atom is -0.444 e. The molecule has 0 aromatic carbocycles. The number of amides is 1. The van der Waals surface area contributed by atoms with Gasteiger partial charge in [-0.25, -0.2) is 22.5 Å². The summed E-state index contributed by atoms with van der Waals surface area (Å²) < 4.78 is 31.3. The van der Waals surface area contributed by atoms with E-state index in [0.29, 0.717) is 4.91 Å². The minimum absolute atomic E-state index is 0.184. The van der Waals surface area contributed by atoms with Crippen LogP contribution in [0.25, 0.3) is 0 Å². The smallest absolute Gasteiger partial charge is 0.414 e. The maximum Gasteiger partial charge on any atom is 0.414 e. The van der Waals surface area contributed by atoms with Gasteiger partial charge in [-0.3, -0.25) is 15.4 Å². The monoisotopic (exact) mass is 420 g/mol. The second-order valence-electron chi connectivity index (χ2n) is 7.69. The number of sulfonamides is 1. The molecule has 2 aliphatic rings. The molecule has 0 saturated carbocycles. The van der Waals surface area contributed by atoms with E-state index in [2.05, 4.69) is 10.3 Å². The molecule has 0 aromatic rings. The van der Waals surface area contributed by atoms with Crippen molar-refractivity contribution < 1.29 is 22.9 Å². The molecule has 1 N–H and O–H groups in total. The van der Waals surface area contributed by atoms with Crippen molar-refractivity contribution in [2.45, 2.75) is 57.1 Å². The second-order valence-corrected chi connectivity index (χ2v) is 11.1. The molecule has 2 aliphatic heterocycles. The zero-order valence-corrected chi connectivity index (χ0v) is 17.7. The number of nitrogens with one attached hydrogen (secondary N) is 1. The van der Waals surface area contributed by atoms with E-state index >= 15 is 0 Å². The first kappa shape index (κ1) is 21.5. The van der Waals surface area contributed by atoms with E-state index in [-0.39, 0.29) is 17.0 Å². The Morgan fingerprint density at radius 2 is 2.11 bits per heavy atom. The van der Waals surface area contributed by atoms with Gasteiger partial charge in [0.2, 0.25) is 22.0 Å². The van der Waals surface area contributed by atoms with E-state index in [1.165, 1.54) is 24.9 Å². The van der Waals surface area contributed by atoms with Crippen LogP contribution in [-0.4, -0.2) is 64.9 Å². The summed E-state index contributed by atoms with van der Waals surface area (Å²) in [6, 6.07) is -0.915. The van der Waals surface area contributed by atoms with Crippen LogP contribution in [0.4, 0.5) is 4.79 Å². The van der Waals surface area contributed by atoms with Crippen molar-refractivity contribution in [3.05, 3.63) is 21.1 Å². The summed E-state index contributed by atoms with van der Waals surface area (Å²) in [4.78, 5) is 27.7. The Morgan fingerprint density at radius 3 is 2.59 bits per heavy atom. The van der Waals surface area contributed by atoms with Crippen LogP contribution in [-0.2, 0) is 14.8 Å². The molecular formula is C15H24N4O6S2. The van der Waals surface area contributed by atoms with Crippen LogP contribution in [0.2, 0.25) is 0 Å². The van der Waals surface area contributed by atoms with Crippen LogP contribution in [0.15, 0.2) is 16.0 Å². The maximum absolute atomic E-state index is 12.6. The Morgan fingerprint density at radius 1 is 1.52 bits per heavy atom. The van der Waals surface area contributed by atoms with Crippen molar-refractivity contribution in [3.63, 3.8) is 0 Å². The van der Waals surface area contributed by atoms with Crippen LogP contribution in [0.3, 0.4) is 0 Å². The van der Waals surface area contributed by atoms with Crippen molar-refractivity contribution in [2.75, 3.05) is 12.8 Å². The summed E-state index contributed by atoms with van der Waals surface area (Å²) in [5.41, 5.74) is -2.00. The van der Waals surface area contributed by atoms with E-state index in [0.717, 1.165) is 4.31 Å². The van der Waals surface area contributed by atoms with Crippen molar-refractivity contribution >= 4 is 33.8 Å². The number of nitrogens with zero attached hydrogens (tertiary/aromatic N) is 3. The van der Waals surface area contributed by atoms with Gasteiger partial charge in [0.1, 0.15) is 11.1 Å². The number of alkyl carbamates (subject to hydrolysis) is 1. The van der Waals surface area contributed by atoms with Gasteiger partial charge in [-0.1, -0.05) is 0 Å². The average molecular weight is 421 g/mol. The average Bonchev–Trinajstić information content (AvgIpc) is 2.85. The van der Waals surface area contributed by atoms with Gasteiger partial charge in [0.05, 0.1) is 11.0 Å². The molecule has 12 heteroatoms. The van der Waals surface area contributed by atoms with Gasteiger partial charge in [0.25, 0.3) is 0 Å². The van der Waals surface area contributed by atoms with Crippen LogP contribution in [0.5, 0.6) is 0 Å². The predicted octanol–water partition coefficient (Wildman–Crippen LogP) is 1.57. The molecule has 2 unspecified atom stereocenters. The predicted molar refractivity (Wildman–Crippen MR) is 103 cm³/mol. The number of hydrogen-bond donors (Lipinski definition) is 1. The summed E-state index contributed by atoms with van der Waals surface area (Å²) in [5, 5.41) is 13.2. The molecule has 0 bridgehead atoms. The molecule has 0 fully saturated rings. The van der Waals surface area contributed by atoms with Crippen LogP contribution in [0.1, 0.15) is 34.6 Å². The third-order valence-corrected chi connectivity index (χ3v) is 7.45. The fourth-order valence-corrected chi connectivity index (χ4v) is 5.56. The van der Waals surface area contributed by atoms with Crippen LogP contribution >= 0.6 is 11.8 Å². The van der Waals surface area contributed by atoms with Gasteiger partial charge in [-0.2, -0.15) is 0 Å². The quantitative estimate of drug-likeness (QED) is 0.530. The summed E-state index contributed by atoms with van der Waals surface area (Å²) in [6.45, 7) is 8.33. The highest BCUT2D eigenvalue weighted by Crippen LogP contribution is 2.43. The Hall–Kier alpha value is -1.82. The third-order valence-electron chi connectivity index (χ3n) is 4.03. The molecule has 1 amide bonds. The van der Waals surface area contributed by atoms with Gasteiger partial charge >= 0.3 is 6.09 Å². The lowest BCUT2D eigenvalue weighted by atomic mass is 10.0. The summed E-state index contributed by atoms with van der Waals surface area (Å²) in [7, 11) is -2.51. The number of nitro groups is 1. The fraction of sp³-hybridized carbons (Fsp3) is 0.733. The zero-order chi connectivity index (χ0) is 20.8. The summed E-state index contributed by atoms with van der Waals surface area (Å²) in [6.07, 6.45) is 0.613. The van der Waals surface area contributed by atoms with Crippen molar-refractivity contribution in [1.29, 1.82) is 0 Å². The molecule has 152 valence electrons. The first-order valence-electron chi connectivity index (χ1n) is 8.23. The zero-order valence-electron chi connectivity index (χ0n) is 16.0. The number of aliphatic imine (C=N–C) groups is 1. The van der Waals surface area contributed by atoms with Gasteiger partial charge in [-0.15, -0.1) is 11.8 Å². The second kappa shape index (κ2) is 6.97. The molecule has 0 aromatic heterocycles. The van der Waals surface area contributed by atoms with E-state index in [1.807, 2.05) is 0 Å². The molecule has 27 heavy (non-hydrogen) atoms. The number of hydrogen-bond acceptors (Lipinski definition) is 8. The van der Waals surface area contributed by atoms with Gasteiger partial charge in [0, 0.05) is 23.0 Å². The largest absolute Gasteiger partial charge is 0.444 e. The fourth-order valence-electron chi connectivity index (χ4n) is 2.69. The lowest BCUT2D eigenvalue weighted by molar-refractivity contribution is -0.507. The normalized spacial score (nSPS) is 30.4. The highest BCUT2D eigenvalue weighted by molar-refractivity contribution is 8.04. The minimum atomic E-state index is -3.79. The standard InChI is InChI=1S/C15H24N4O6S2/c1-9-10(19(21)22)7-11(26-9)15(5)8-27(23,24)18(6)12(17-15)16-13(20)25-14(2,3)4/h7,9-10H,8H2,1-6H3,(H,16,17,20)/t9?,10?,15-/m0/s1. The maximum atomic E-state index is 12.6. The van der Waals surface area contributed by atoms with E-state index in [9.17, 15) is 23.3 Å². The topological polar surface area (TPSA) is 131 Å². The van der Waals surface area contributed by atoms with Crippen molar-refractivity contribution in [1.82, 2.24) is 9.62 Å². The first-order chi connectivity index (χ1) is 12.1. The highest BCUT2D eigenvalue weighted by Gasteiger charge is 2.47. The molecule has 3 atom stereocenters. The number of rotatable bonds is 2. The third kappa shape index (κ3) is 4.72. The molecule has 0 saturated heterocycles. The van der Waals surface area contributed by atoms with E-state index < -0.39 is 38.2 Å². The number of thioether (sulfide) groups is 1. The SMILES string of the molecule is CC1SC([C@]2(C)CS(=O)(=O)N(C)C(NC(=O)OC(C)(C)C)=N2)=CC1[N+](=O)[O-]. The Bertz CT molecular complexity index is 817. The Kier molecular flexibility index (Phi) is 5.54. The van der Waals surface area contributed by atoms with Crippen LogP contribution in [0, 0.1) is 10.1 Å². The van der Waals surface area contributed by atoms with Gasteiger partial charge in [-0.05, 0) is 34.6 Å². The van der Waals surface area contributed by atoms with Crippen LogP contribution < -0.4 is 5.32 Å². The first-order valence-corrected chi connectivity index (χ1v) is 10.7. The van der Waals surface area contributed by atoms with E-state index in [4.69, 9.17) is 4.74 Å². The van der Waals surface area contributed by atoms with Gasteiger partial charge < -0.3 is 4.74 Å². The number of carbonyl (C=O) groups excluding carboxylic acids is 1. The molecule has 10 nitrogen and oxygen atoms in total. The lowest BCUT2D eigenvalue weighted by Gasteiger charge is -2.36. The molecule has 2 rings (SSSR count). The number of carbonyl (C=O) groups is 1. The van der Waals surface area contributed by atoms with Crippen molar-refractivity contribution in [2.24, 2.45) is 4.99 Å². The van der Waals surface area contributed by atoms with Gasteiger partial charge in [0.15, 0.2) is 0 Å². The van der Waals surface area contributed by atoms with Crippen molar-refractivity contribution in [3.8, 4) is 0 Å². The highest BCUT2D eigenvalue weighted by atomic mass is 32.2. The van der Waals surface area contributed by atoms with E-state index in [1.54, 1.807) is 34.6 Å².